The number of carbonyl (C=O) groups excluding carboxylic acids is 2. The number of aromatic nitrogens is 1. The van der Waals surface area contributed by atoms with Gasteiger partial charge < -0.3 is 14.2 Å². The maximum absolute atomic E-state index is 12.4. The van der Waals surface area contributed by atoms with E-state index in [0.717, 1.165) is 28.5 Å². The molecule has 0 N–H and O–H groups in total. The highest BCUT2D eigenvalue weighted by Gasteiger charge is 2.32. The molecule has 140 valence electrons. The Balaban J connectivity index is 1.71. The minimum Gasteiger partial charge on any atom is -0.492 e. The Bertz CT molecular complexity index is 1020. The van der Waals surface area contributed by atoms with Crippen LogP contribution in [0.2, 0.25) is 0 Å². The molecular formula is C21H22N2O4. The number of likely N-dealkylation sites (N-methyl/N-ethyl adjacent to an activating group) is 1. The summed E-state index contributed by atoms with van der Waals surface area (Å²) in [4.78, 5) is 26.0. The Morgan fingerprint density at radius 2 is 2.07 bits per heavy atom. The molecule has 1 aliphatic carbocycles. The Labute approximate surface area is 157 Å². The molecule has 4 rings (SSSR count). The fourth-order valence-corrected chi connectivity index (χ4v) is 3.61. The highest BCUT2D eigenvalue weighted by molar-refractivity contribution is 6.11. The first kappa shape index (κ1) is 17.7. The predicted molar refractivity (Wildman–Crippen MR) is 102 cm³/mol. The van der Waals surface area contributed by atoms with Crippen LogP contribution in [0.1, 0.15) is 30.9 Å². The summed E-state index contributed by atoms with van der Waals surface area (Å²) in [5.41, 5.74) is 1.30. The number of benzene rings is 2. The molecule has 0 radical (unpaired) electrons. The monoisotopic (exact) mass is 366 g/mol. The van der Waals surface area contributed by atoms with E-state index in [4.69, 9.17) is 9.26 Å². The smallest absolute Gasteiger partial charge is 0.167 e. The molecule has 1 saturated carbocycles. The first-order chi connectivity index (χ1) is 13.0. The van der Waals surface area contributed by atoms with Gasteiger partial charge in [0.05, 0.1) is 17.7 Å². The van der Waals surface area contributed by atoms with E-state index in [9.17, 15) is 9.59 Å². The lowest BCUT2D eigenvalue weighted by molar-refractivity contribution is -0.130. The highest BCUT2D eigenvalue weighted by Crippen LogP contribution is 2.37. The van der Waals surface area contributed by atoms with Crippen LogP contribution in [0.3, 0.4) is 0 Å². The van der Waals surface area contributed by atoms with Gasteiger partial charge in [-0.05, 0) is 55.6 Å². The number of rotatable bonds is 5. The molecule has 0 bridgehead atoms. The third-order valence-corrected chi connectivity index (χ3v) is 5.06. The lowest BCUT2D eigenvalue weighted by atomic mass is 9.83. The summed E-state index contributed by atoms with van der Waals surface area (Å²) in [5, 5.41) is 7.04. The molecule has 1 atom stereocenters. The van der Waals surface area contributed by atoms with Crippen LogP contribution >= 0.6 is 0 Å². The summed E-state index contributed by atoms with van der Waals surface area (Å²) >= 11 is 0. The number of ketones is 2. The third kappa shape index (κ3) is 3.45. The molecule has 0 aliphatic heterocycles. The zero-order chi connectivity index (χ0) is 19.0. The molecule has 0 amide bonds. The van der Waals surface area contributed by atoms with Gasteiger partial charge in [0, 0.05) is 13.0 Å². The molecule has 27 heavy (non-hydrogen) atoms. The second-order valence-electron chi connectivity index (χ2n) is 7.31. The van der Waals surface area contributed by atoms with Gasteiger partial charge in [0.15, 0.2) is 5.58 Å². The number of nitrogens with zero attached hydrogens (tertiary/aromatic N) is 2. The second-order valence-corrected chi connectivity index (χ2v) is 7.31. The third-order valence-electron chi connectivity index (χ3n) is 5.06. The fourth-order valence-electron chi connectivity index (χ4n) is 3.61. The summed E-state index contributed by atoms with van der Waals surface area (Å²) in [6.45, 7) is 1.46. The van der Waals surface area contributed by atoms with Gasteiger partial charge in [-0.15, -0.1) is 0 Å². The van der Waals surface area contributed by atoms with Crippen molar-refractivity contribution in [1.82, 2.24) is 10.1 Å². The Morgan fingerprint density at radius 3 is 2.85 bits per heavy atom. The average Bonchev–Trinajstić information content (AvgIpc) is 3.05. The Hall–Kier alpha value is -2.73. The van der Waals surface area contributed by atoms with Crippen molar-refractivity contribution >= 4 is 33.3 Å². The lowest BCUT2D eigenvalue weighted by Crippen LogP contribution is -2.23. The molecule has 1 aliphatic rings. The quantitative estimate of drug-likeness (QED) is 0.645. The molecule has 6 heteroatoms. The minimum absolute atomic E-state index is 0.00630. The van der Waals surface area contributed by atoms with Gasteiger partial charge in [0.1, 0.15) is 29.6 Å². The van der Waals surface area contributed by atoms with E-state index < -0.39 is 0 Å². The van der Waals surface area contributed by atoms with Gasteiger partial charge in [-0.2, -0.15) is 0 Å². The molecule has 1 fully saturated rings. The van der Waals surface area contributed by atoms with Gasteiger partial charge in [0.2, 0.25) is 0 Å². The predicted octanol–water partition coefficient (Wildman–Crippen LogP) is 3.33. The van der Waals surface area contributed by atoms with Crippen LogP contribution in [0.4, 0.5) is 0 Å². The summed E-state index contributed by atoms with van der Waals surface area (Å²) in [7, 11) is 4.02. The molecule has 1 aromatic heterocycles. The van der Waals surface area contributed by atoms with Gasteiger partial charge in [-0.1, -0.05) is 11.2 Å². The number of fused-ring (bicyclic) bond motifs is 3. The van der Waals surface area contributed by atoms with Crippen LogP contribution in [0.5, 0.6) is 5.75 Å². The van der Waals surface area contributed by atoms with Crippen LogP contribution in [-0.4, -0.2) is 48.9 Å². The fraction of sp³-hybridized carbons (Fsp3) is 0.381. The van der Waals surface area contributed by atoms with Crippen LogP contribution in [0, 0.1) is 0 Å². The molecule has 6 nitrogen and oxygen atoms in total. The zero-order valence-electron chi connectivity index (χ0n) is 15.5. The van der Waals surface area contributed by atoms with Gasteiger partial charge in [0.25, 0.3) is 0 Å². The Kier molecular flexibility index (Phi) is 4.66. The van der Waals surface area contributed by atoms with E-state index in [-0.39, 0.29) is 23.9 Å². The maximum atomic E-state index is 12.4. The topological polar surface area (TPSA) is 72.6 Å². The van der Waals surface area contributed by atoms with Crippen molar-refractivity contribution < 1.29 is 18.8 Å². The van der Waals surface area contributed by atoms with Crippen molar-refractivity contribution in [2.24, 2.45) is 0 Å². The van der Waals surface area contributed by atoms with Crippen LogP contribution < -0.4 is 4.74 Å². The average molecular weight is 366 g/mol. The van der Waals surface area contributed by atoms with Gasteiger partial charge >= 0.3 is 0 Å². The van der Waals surface area contributed by atoms with Crippen LogP contribution in [0.15, 0.2) is 34.9 Å². The van der Waals surface area contributed by atoms with Crippen molar-refractivity contribution in [3.63, 3.8) is 0 Å². The number of Topliss-reactive ketones (excluding diaryl/α,β-unsaturated/α-hetero) is 2. The number of carbonyl (C=O) groups is 2. The largest absolute Gasteiger partial charge is 0.492 e. The van der Waals surface area contributed by atoms with Crippen molar-refractivity contribution in [1.29, 1.82) is 0 Å². The second kappa shape index (κ2) is 7.12. The summed E-state index contributed by atoms with van der Waals surface area (Å²) in [6.07, 6.45) is 0.911. The summed E-state index contributed by atoms with van der Waals surface area (Å²) in [5.74, 6) is 0.377. The molecule has 0 saturated heterocycles. The molecule has 3 aromatic rings. The molecule has 0 unspecified atom stereocenters. The minimum atomic E-state index is -0.370. The van der Waals surface area contributed by atoms with Crippen molar-refractivity contribution in [3.8, 4) is 5.75 Å². The van der Waals surface area contributed by atoms with Crippen LogP contribution in [0.25, 0.3) is 21.7 Å². The number of hydrogen-bond acceptors (Lipinski definition) is 6. The van der Waals surface area contributed by atoms with E-state index in [1.165, 1.54) is 0 Å². The SMILES string of the molecule is CN(C)CCOc1ccc2c(ccc3onc([C@@H]4CCC(=O)CC4=O)c32)c1. The first-order valence-corrected chi connectivity index (χ1v) is 9.17. The lowest BCUT2D eigenvalue weighted by Gasteiger charge is -2.18. The van der Waals surface area contributed by atoms with E-state index in [1.807, 2.05) is 44.4 Å². The number of hydrogen-bond donors (Lipinski definition) is 0. The van der Waals surface area contributed by atoms with Crippen molar-refractivity contribution in [3.05, 3.63) is 36.0 Å². The molecule has 0 spiro atoms. The highest BCUT2D eigenvalue weighted by atomic mass is 16.5. The zero-order valence-corrected chi connectivity index (χ0v) is 15.5. The van der Waals surface area contributed by atoms with E-state index in [2.05, 4.69) is 10.1 Å². The normalized spacial score (nSPS) is 18.0. The standard InChI is InChI=1S/C21H22N2O4/c1-23(2)9-10-26-15-5-7-16-13(11-15)3-8-19-20(16)21(22-27-19)17-6-4-14(24)12-18(17)25/h3,5,7-8,11,17H,4,6,9-10,12H2,1-2H3/t17-/m1/s1. The first-order valence-electron chi connectivity index (χ1n) is 9.17. The van der Waals surface area contributed by atoms with Gasteiger partial charge in [-0.25, -0.2) is 0 Å². The van der Waals surface area contributed by atoms with E-state index in [0.29, 0.717) is 30.7 Å². The summed E-state index contributed by atoms with van der Waals surface area (Å²) in [6, 6.07) is 9.75. The van der Waals surface area contributed by atoms with Crippen molar-refractivity contribution in [2.45, 2.75) is 25.2 Å². The van der Waals surface area contributed by atoms with E-state index >= 15 is 0 Å². The molecular weight excluding hydrogens is 344 g/mol. The molecule has 1 heterocycles. The van der Waals surface area contributed by atoms with Crippen LogP contribution in [-0.2, 0) is 9.59 Å². The number of ether oxygens (including phenoxy) is 1. The molecule has 2 aromatic carbocycles. The van der Waals surface area contributed by atoms with E-state index in [1.54, 1.807) is 0 Å². The van der Waals surface area contributed by atoms with Gasteiger partial charge in [-0.3, -0.25) is 9.59 Å². The summed E-state index contributed by atoms with van der Waals surface area (Å²) < 4.78 is 11.3. The maximum Gasteiger partial charge on any atom is 0.167 e. The Morgan fingerprint density at radius 1 is 1.22 bits per heavy atom. The van der Waals surface area contributed by atoms with Crippen molar-refractivity contribution in [2.75, 3.05) is 27.2 Å².